The van der Waals surface area contributed by atoms with E-state index in [4.69, 9.17) is 0 Å². The highest BCUT2D eigenvalue weighted by atomic mass is 32.2. The number of sulfone groups is 1. The minimum absolute atomic E-state index is 0.114. The Morgan fingerprint density at radius 3 is 2.64 bits per heavy atom. The van der Waals surface area contributed by atoms with Crippen LogP contribution in [0.5, 0.6) is 0 Å². The summed E-state index contributed by atoms with van der Waals surface area (Å²) in [6, 6.07) is -0.152. The third-order valence-electron chi connectivity index (χ3n) is 4.11. The Hall–Kier alpha value is -1.37. The number of amides is 1. The van der Waals surface area contributed by atoms with Crippen molar-refractivity contribution < 1.29 is 13.2 Å². The van der Waals surface area contributed by atoms with Gasteiger partial charge in [0.1, 0.15) is 0 Å². The van der Waals surface area contributed by atoms with Crippen LogP contribution in [-0.2, 0) is 9.84 Å². The van der Waals surface area contributed by atoms with Gasteiger partial charge in [0.25, 0.3) is 5.91 Å². The van der Waals surface area contributed by atoms with E-state index in [0.717, 1.165) is 12.1 Å². The average molecular weight is 327 g/mol. The first-order valence-electron chi connectivity index (χ1n) is 7.75. The van der Waals surface area contributed by atoms with Gasteiger partial charge < -0.3 is 5.32 Å². The summed E-state index contributed by atoms with van der Waals surface area (Å²) in [5.74, 6) is 0.728. The highest BCUT2D eigenvalue weighted by Crippen LogP contribution is 2.26. The van der Waals surface area contributed by atoms with E-state index in [1.54, 1.807) is 11.6 Å². The molecule has 1 aliphatic rings. The fraction of sp³-hybridized carbons (Fsp3) is 0.733. The normalized spacial score (nSPS) is 20.5. The third kappa shape index (κ3) is 3.69. The van der Waals surface area contributed by atoms with Crippen molar-refractivity contribution in [2.45, 2.75) is 46.6 Å². The molecule has 0 bridgehead atoms. The van der Waals surface area contributed by atoms with Gasteiger partial charge in [0.2, 0.25) is 0 Å². The number of nitrogens with one attached hydrogen (secondary N) is 1. The molecule has 6 nitrogen and oxygen atoms in total. The Morgan fingerprint density at radius 1 is 1.41 bits per heavy atom. The zero-order valence-electron chi connectivity index (χ0n) is 13.7. The first-order valence-corrected chi connectivity index (χ1v) is 9.57. The molecule has 1 atom stereocenters. The molecule has 0 spiro atoms. The predicted molar refractivity (Wildman–Crippen MR) is 85.8 cm³/mol. The summed E-state index contributed by atoms with van der Waals surface area (Å²) < 4.78 is 25.0. The van der Waals surface area contributed by atoms with Crippen molar-refractivity contribution in [2.75, 3.05) is 18.1 Å². The van der Waals surface area contributed by atoms with Crippen molar-refractivity contribution in [3.63, 3.8) is 0 Å². The highest BCUT2D eigenvalue weighted by Gasteiger charge is 2.32. The van der Waals surface area contributed by atoms with Gasteiger partial charge in [0, 0.05) is 12.2 Å². The number of carbonyl (C=O) groups is 1. The lowest BCUT2D eigenvalue weighted by Crippen LogP contribution is -2.26. The Balaban J connectivity index is 2.15. The molecule has 124 valence electrons. The van der Waals surface area contributed by atoms with Crippen LogP contribution in [0.4, 0.5) is 0 Å². The van der Waals surface area contributed by atoms with Gasteiger partial charge in [-0.2, -0.15) is 5.10 Å². The summed E-state index contributed by atoms with van der Waals surface area (Å²) in [6.45, 7) is 8.49. The molecule has 22 heavy (non-hydrogen) atoms. The molecule has 1 amide bonds. The van der Waals surface area contributed by atoms with Crippen LogP contribution in [0.15, 0.2) is 0 Å². The van der Waals surface area contributed by atoms with Gasteiger partial charge in [-0.3, -0.25) is 9.48 Å². The zero-order chi connectivity index (χ0) is 16.5. The van der Waals surface area contributed by atoms with Crippen molar-refractivity contribution in [3.05, 3.63) is 17.0 Å². The molecule has 1 N–H and O–H groups in total. The van der Waals surface area contributed by atoms with E-state index in [1.165, 1.54) is 0 Å². The summed E-state index contributed by atoms with van der Waals surface area (Å²) in [5, 5.41) is 7.33. The van der Waals surface area contributed by atoms with E-state index in [-0.39, 0.29) is 23.5 Å². The van der Waals surface area contributed by atoms with Crippen LogP contribution in [0.3, 0.4) is 0 Å². The Labute approximate surface area is 132 Å². The number of rotatable bonds is 5. The quantitative estimate of drug-likeness (QED) is 0.891. The first kappa shape index (κ1) is 17.0. The number of hydrogen-bond acceptors (Lipinski definition) is 4. The Morgan fingerprint density at radius 2 is 2.09 bits per heavy atom. The smallest absolute Gasteiger partial charge is 0.255 e. The van der Waals surface area contributed by atoms with Gasteiger partial charge in [-0.05, 0) is 32.6 Å². The standard InChI is InChI=1S/C15H25N3O3S/c1-10(2)5-7-16-15(19)14-11(3)17-18(12(14)4)13-6-8-22(20,21)9-13/h10,13H,5-9H2,1-4H3,(H,16,19). The molecule has 1 aromatic rings. The van der Waals surface area contributed by atoms with Crippen molar-refractivity contribution in [1.29, 1.82) is 0 Å². The molecule has 1 unspecified atom stereocenters. The fourth-order valence-corrected chi connectivity index (χ4v) is 4.57. The van der Waals surface area contributed by atoms with Gasteiger partial charge in [-0.1, -0.05) is 13.8 Å². The Kier molecular flexibility index (Phi) is 4.94. The molecule has 0 aromatic carbocycles. The molecular weight excluding hydrogens is 302 g/mol. The molecular formula is C15H25N3O3S. The summed E-state index contributed by atoms with van der Waals surface area (Å²) in [4.78, 5) is 12.3. The number of aryl methyl sites for hydroxylation is 1. The lowest BCUT2D eigenvalue weighted by Gasteiger charge is -2.11. The predicted octanol–water partition coefficient (Wildman–Crippen LogP) is 1.64. The number of carbonyl (C=O) groups excluding carboxylic acids is 1. The van der Waals surface area contributed by atoms with E-state index in [0.29, 0.717) is 30.1 Å². The highest BCUT2D eigenvalue weighted by molar-refractivity contribution is 7.91. The molecule has 0 saturated carbocycles. The van der Waals surface area contributed by atoms with Crippen LogP contribution in [0.2, 0.25) is 0 Å². The molecule has 0 aliphatic carbocycles. The van der Waals surface area contributed by atoms with E-state index < -0.39 is 9.84 Å². The second-order valence-corrected chi connectivity index (χ2v) is 8.71. The summed E-state index contributed by atoms with van der Waals surface area (Å²) in [7, 11) is -2.97. The van der Waals surface area contributed by atoms with E-state index in [2.05, 4.69) is 24.3 Å². The molecule has 0 radical (unpaired) electrons. The van der Waals surface area contributed by atoms with Crippen LogP contribution < -0.4 is 5.32 Å². The lowest BCUT2D eigenvalue weighted by molar-refractivity contribution is 0.0950. The first-order chi connectivity index (χ1) is 10.2. The van der Waals surface area contributed by atoms with Crippen molar-refractivity contribution in [3.8, 4) is 0 Å². The van der Waals surface area contributed by atoms with Crippen LogP contribution in [0.25, 0.3) is 0 Å². The molecule has 1 aromatic heterocycles. The molecule has 7 heteroatoms. The van der Waals surface area contributed by atoms with Gasteiger partial charge in [0.15, 0.2) is 9.84 Å². The maximum absolute atomic E-state index is 12.3. The van der Waals surface area contributed by atoms with Gasteiger partial charge in [-0.25, -0.2) is 8.42 Å². The van der Waals surface area contributed by atoms with Crippen molar-refractivity contribution in [1.82, 2.24) is 15.1 Å². The largest absolute Gasteiger partial charge is 0.352 e. The summed E-state index contributed by atoms with van der Waals surface area (Å²) in [6.07, 6.45) is 1.50. The molecule has 2 heterocycles. The Bertz CT molecular complexity index is 662. The zero-order valence-corrected chi connectivity index (χ0v) is 14.5. The fourth-order valence-electron chi connectivity index (χ4n) is 2.88. The minimum atomic E-state index is -2.97. The average Bonchev–Trinajstić information content (AvgIpc) is 2.89. The second kappa shape index (κ2) is 6.40. The SMILES string of the molecule is Cc1nn(C2CCS(=O)(=O)C2)c(C)c1C(=O)NCCC(C)C. The van der Waals surface area contributed by atoms with Crippen LogP contribution in [0.1, 0.15) is 54.5 Å². The monoisotopic (exact) mass is 327 g/mol. The van der Waals surface area contributed by atoms with Crippen molar-refractivity contribution >= 4 is 15.7 Å². The summed E-state index contributed by atoms with van der Waals surface area (Å²) in [5.41, 5.74) is 1.98. The molecule has 1 aliphatic heterocycles. The summed E-state index contributed by atoms with van der Waals surface area (Å²) >= 11 is 0. The third-order valence-corrected chi connectivity index (χ3v) is 5.86. The van der Waals surface area contributed by atoms with Crippen molar-refractivity contribution in [2.24, 2.45) is 5.92 Å². The number of nitrogens with zero attached hydrogens (tertiary/aromatic N) is 2. The van der Waals surface area contributed by atoms with Crippen LogP contribution in [-0.4, -0.2) is 42.2 Å². The topological polar surface area (TPSA) is 81.1 Å². The van der Waals surface area contributed by atoms with E-state index >= 15 is 0 Å². The van der Waals surface area contributed by atoms with Crippen LogP contribution in [0, 0.1) is 19.8 Å². The lowest BCUT2D eigenvalue weighted by atomic mass is 10.1. The number of aromatic nitrogens is 2. The molecule has 1 fully saturated rings. The van der Waals surface area contributed by atoms with Gasteiger partial charge >= 0.3 is 0 Å². The minimum Gasteiger partial charge on any atom is -0.352 e. The molecule has 1 saturated heterocycles. The van der Waals surface area contributed by atoms with Crippen LogP contribution >= 0.6 is 0 Å². The molecule has 2 rings (SSSR count). The maximum Gasteiger partial charge on any atom is 0.255 e. The second-order valence-electron chi connectivity index (χ2n) is 6.49. The van der Waals surface area contributed by atoms with Gasteiger partial charge in [-0.15, -0.1) is 0 Å². The van der Waals surface area contributed by atoms with E-state index in [1.807, 2.05) is 6.92 Å². The number of hydrogen-bond donors (Lipinski definition) is 1. The maximum atomic E-state index is 12.3. The van der Waals surface area contributed by atoms with Gasteiger partial charge in [0.05, 0.1) is 28.8 Å². The van der Waals surface area contributed by atoms with E-state index in [9.17, 15) is 13.2 Å².